The van der Waals surface area contributed by atoms with Crippen molar-refractivity contribution in [3.63, 3.8) is 0 Å². The lowest BCUT2D eigenvalue weighted by molar-refractivity contribution is 0.0713. The molecule has 1 aromatic heterocycles. The number of rotatable bonds is 6. The summed E-state index contributed by atoms with van der Waals surface area (Å²) in [7, 11) is -3.14. The zero-order valence-electron chi connectivity index (χ0n) is 11.8. The van der Waals surface area contributed by atoms with E-state index in [1.165, 1.54) is 4.90 Å². The molecular weight excluding hydrogens is 300 g/mol. The van der Waals surface area contributed by atoms with Gasteiger partial charge in [-0.2, -0.15) is 0 Å². The largest absolute Gasteiger partial charge is 0.334 e. The van der Waals surface area contributed by atoms with Crippen LogP contribution in [0, 0.1) is 0 Å². The summed E-state index contributed by atoms with van der Waals surface area (Å²) in [5.74, 6) is -0.295. The molecule has 0 radical (unpaired) electrons. The molecule has 1 aromatic rings. The third-order valence-electron chi connectivity index (χ3n) is 3.00. The maximum atomic E-state index is 12.4. The van der Waals surface area contributed by atoms with Crippen molar-refractivity contribution in [3.05, 3.63) is 29.0 Å². The highest BCUT2D eigenvalue weighted by molar-refractivity contribution is 7.91. The lowest BCUT2D eigenvalue weighted by atomic mass is 10.2. The molecule has 0 unspecified atom stereocenters. The summed E-state index contributed by atoms with van der Waals surface area (Å²) in [5.41, 5.74) is 0.222. The van der Waals surface area contributed by atoms with Gasteiger partial charge in [0.25, 0.3) is 5.91 Å². The minimum Gasteiger partial charge on any atom is -0.334 e. The van der Waals surface area contributed by atoms with E-state index < -0.39 is 15.9 Å². The van der Waals surface area contributed by atoms with Gasteiger partial charge in [-0.05, 0) is 26.0 Å². The molecule has 1 atom stereocenters. The Morgan fingerprint density at radius 1 is 1.40 bits per heavy atom. The van der Waals surface area contributed by atoms with Crippen molar-refractivity contribution < 1.29 is 13.2 Å². The van der Waals surface area contributed by atoms with Gasteiger partial charge in [0, 0.05) is 18.3 Å². The van der Waals surface area contributed by atoms with Crippen molar-refractivity contribution in [1.82, 2.24) is 9.88 Å². The molecule has 5 nitrogen and oxygen atoms in total. The van der Waals surface area contributed by atoms with Crippen molar-refractivity contribution in [3.8, 4) is 0 Å². The highest BCUT2D eigenvalue weighted by atomic mass is 35.5. The van der Waals surface area contributed by atoms with Gasteiger partial charge in [-0.15, -0.1) is 0 Å². The molecule has 0 aliphatic carbocycles. The van der Waals surface area contributed by atoms with Crippen LogP contribution in [0.3, 0.4) is 0 Å². The molecule has 1 rings (SSSR count). The Labute approximate surface area is 124 Å². The van der Waals surface area contributed by atoms with Gasteiger partial charge < -0.3 is 4.90 Å². The van der Waals surface area contributed by atoms with Gasteiger partial charge >= 0.3 is 0 Å². The molecule has 1 heterocycles. The molecule has 0 saturated carbocycles. The van der Waals surface area contributed by atoms with E-state index in [9.17, 15) is 13.2 Å². The standard InChI is InChI=1S/C13H19ClN2O3S/c1-4-16(10(3)9-20(18,19)5-2)13(17)11-7-6-8-12(14)15-11/h6-8,10H,4-5,9H2,1-3H3/t10-/m1/s1. The number of nitrogens with zero attached hydrogens (tertiary/aromatic N) is 2. The molecule has 0 bridgehead atoms. The average Bonchev–Trinajstić information content (AvgIpc) is 2.38. The van der Waals surface area contributed by atoms with Gasteiger partial charge in [0.2, 0.25) is 0 Å². The normalized spacial score (nSPS) is 13.0. The number of halogens is 1. The Hall–Kier alpha value is -1.14. The van der Waals surface area contributed by atoms with Crippen LogP contribution in [0.2, 0.25) is 5.15 Å². The van der Waals surface area contributed by atoms with Crippen LogP contribution in [0.4, 0.5) is 0 Å². The van der Waals surface area contributed by atoms with Gasteiger partial charge in [-0.1, -0.05) is 24.6 Å². The zero-order valence-corrected chi connectivity index (χ0v) is 13.4. The first kappa shape index (κ1) is 16.9. The average molecular weight is 319 g/mol. The van der Waals surface area contributed by atoms with Crippen LogP contribution in [0.25, 0.3) is 0 Å². The summed E-state index contributed by atoms with van der Waals surface area (Å²) in [6.07, 6.45) is 0. The highest BCUT2D eigenvalue weighted by Gasteiger charge is 2.24. The third kappa shape index (κ3) is 4.45. The van der Waals surface area contributed by atoms with Crippen molar-refractivity contribution in [2.24, 2.45) is 0 Å². The van der Waals surface area contributed by atoms with Crippen molar-refractivity contribution >= 4 is 27.3 Å². The summed E-state index contributed by atoms with van der Waals surface area (Å²) < 4.78 is 23.3. The first-order valence-corrected chi connectivity index (χ1v) is 8.64. The molecule has 0 fully saturated rings. The Morgan fingerprint density at radius 3 is 2.55 bits per heavy atom. The van der Waals surface area contributed by atoms with Crippen LogP contribution < -0.4 is 0 Å². The monoisotopic (exact) mass is 318 g/mol. The van der Waals surface area contributed by atoms with Crippen molar-refractivity contribution in [2.45, 2.75) is 26.8 Å². The number of pyridine rings is 1. The molecule has 0 aliphatic heterocycles. The van der Waals surface area contributed by atoms with Crippen molar-refractivity contribution in [2.75, 3.05) is 18.1 Å². The van der Waals surface area contributed by atoms with E-state index in [-0.39, 0.29) is 28.3 Å². The second-order valence-electron chi connectivity index (χ2n) is 4.48. The van der Waals surface area contributed by atoms with Gasteiger partial charge in [0.05, 0.1) is 5.75 Å². The highest BCUT2D eigenvalue weighted by Crippen LogP contribution is 2.11. The Bertz CT molecular complexity index is 575. The smallest absolute Gasteiger partial charge is 0.272 e. The third-order valence-corrected chi connectivity index (χ3v) is 5.08. The first-order valence-electron chi connectivity index (χ1n) is 6.44. The van der Waals surface area contributed by atoms with Gasteiger partial charge in [-0.3, -0.25) is 4.79 Å². The van der Waals surface area contributed by atoms with Gasteiger partial charge in [0.15, 0.2) is 9.84 Å². The second kappa shape index (κ2) is 7.04. The zero-order chi connectivity index (χ0) is 15.3. The molecule has 0 aliphatic rings. The van der Waals surface area contributed by atoms with E-state index in [4.69, 9.17) is 11.6 Å². The Kier molecular flexibility index (Phi) is 5.95. The fourth-order valence-corrected chi connectivity index (χ4v) is 3.22. The van der Waals surface area contributed by atoms with E-state index in [2.05, 4.69) is 4.98 Å². The summed E-state index contributed by atoms with van der Waals surface area (Å²) >= 11 is 5.77. The minimum atomic E-state index is -3.14. The Morgan fingerprint density at radius 2 is 2.05 bits per heavy atom. The molecule has 20 heavy (non-hydrogen) atoms. The minimum absolute atomic E-state index is 0.0519. The van der Waals surface area contributed by atoms with E-state index in [0.29, 0.717) is 6.54 Å². The lowest BCUT2D eigenvalue weighted by Gasteiger charge is -2.27. The molecule has 112 valence electrons. The summed E-state index contributed by atoms with van der Waals surface area (Å²) in [6.45, 7) is 5.53. The molecular formula is C13H19ClN2O3S. The van der Waals surface area contributed by atoms with Crippen LogP contribution in [0.1, 0.15) is 31.3 Å². The number of aromatic nitrogens is 1. The van der Waals surface area contributed by atoms with Crippen LogP contribution in [-0.4, -0.2) is 48.3 Å². The van der Waals surface area contributed by atoms with Crippen LogP contribution >= 0.6 is 11.6 Å². The van der Waals surface area contributed by atoms with Gasteiger partial charge in [-0.25, -0.2) is 13.4 Å². The van der Waals surface area contributed by atoms with Crippen LogP contribution in [0.15, 0.2) is 18.2 Å². The SMILES string of the molecule is CCN(C(=O)c1cccc(Cl)n1)[C@H](C)CS(=O)(=O)CC. The van der Waals surface area contributed by atoms with E-state index in [1.54, 1.807) is 39.0 Å². The number of amides is 1. The molecule has 1 amide bonds. The van der Waals surface area contributed by atoms with E-state index in [1.807, 2.05) is 0 Å². The topological polar surface area (TPSA) is 67.3 Å². The predicted molar refractivity (Wildman–Crippen MR) is 79.7 cm³/mol. The van der Waals surface area contributed by atoms with Crippen LogP contribution in [-0.2, 0) is 9.84 Å². The first-order chi connectivity index (χ1) is 9.30. The maximum Gasteiger partial charge on any atom is 0.272 e. The number of carbonyl (C=O) groups is 1. The Balaban J connectivity index is 2.93. The fraction of sp³-hybridized carbons (Fsp3) is 0.538. The molecule has 7 heteroatoms. The number of sulfone groups is 1. The molecule has 0 spiro atoms. The summed E-state index contributed by atoms with van der Waals surface area (Å²) in [5, 5.41) is 0.237. The maximum absolute atomic E-state index is 12.4. The van der Waals surface area contributed by atoms with Crippen molar-refractivity contribution in [1.29, 1.82) is 0 Å². The number of hydrogen-bond acceptors (Lipinski definition) is 4. The number of carbonyl (C=O) groups excluding carboxylic acids is 1. The lowest BCUT2D eigenvalue weighted by Crippen LogP contribution is -2.42. The quantitative estimate of drug-likeness (QED) is 0.753. The number of hydrogen-bond donors (Lipinski definition) is 0. The summed E-state index contributed by atoms with van der Waals surface area (Å²) in [6, 6.07) is 4.39. The van der Waals surface area contributed by atoms with E-state index in [0.717, 1.165) is 0 Å². The molecule has 0 saturated heterocycles. The van der Waals surface area contributed by atoms with Crippen LogP contribution in [0.5, 0.6) is 0 Å². The van der Waals surface area contributed by atoms with Gasteiger partial charge in [0.1, 0.15) is 10.8 Å². The molecule has 0 aromatic carbocycles. The second-order valence-corrected chi connectivity index (χ2v) is 7.27. The summed E-state index contributed by atoms with van der Waals surface area (Å²) in [4.78, 5) is 17.8. The fourth-order valence-electron chi connectivity index (χ4n) is 1.91. The predicted octanol–water partition coefficient (Wildman–Crippen LogP) is 2.02. The van der Waals surface area contributed by atoms with E-state index >= 15 is 0 Å². The molecule has 0 N–H and O–H groups in total.